The summed E-state index contributed by atoms with van der Waals surface area (Å²) in [5.41, 5.74) is 4.19. The second kappa shape index (κ2) is 4.18. The van der Waals surface area contributed by atoms with E-state index in [2.05, 4.69) is 35.0 Å². The summed E-state index contributed by atoms with van der Waals surface area (Å²) in [4.78, 5) is 7.15. The van der Waals surface area contributed by atoms with Crippen molar-refractivity contribution < 1.29 is 5.11 Å². The van der Waals surface area contributed by atoms with Crippen LogP contribution in [0.5, 0.6) is 0 Å². The number of hydrogen-bond donors (Lipinski definition) is 1. The van der Waals surface area contributed by atoms with Crippen LogP contribution in [0.4, 0.5) is 0 Å². The largest absolute Gasteiger partial charge is 0.383 e. The van der Waals surface area contributed by atoms with Crippen molar-refractivity contribution in [3.8, 4) is 0 Å². The van der Waals surface area contributed by atoms with Crippen molar-refractivity contribution in [1.29, 1.82) is 0 Å². The molecule has 3 nitrogen and oxygen atoms in total. The van der Waals surface area contributed by atoms with Gasteiger partial charge in [0.1, 0.15) is 5.60 Å². The Morgan fingerprint density at radius 3 is 3.09 bits per heavy atom. The molecule has 22 heavy (non-hydrogen) atoms. The van der Waals surface area contributed by atoms with Crippen LogP contribution in [0.15, 0.2) is 42.1 Å². The monoisotopic (exact) mass is 292 g/mol. The number of benzene rings is 1. The molecule has 1 aromatic carbocycles. The van der Waals surface area contributed by atoms with E-state index in [0.29, 0.717) is 5.92 Å². The van der Waals surface area contributed by atoms with Crippen molar-refractivity contribution in [2.45, 2.75) is 37.3 Å². The normalized spacial score (nSPS) is 35.1. The van der Waals surface area contributed by atoms with Gasteiger partial charge in [-0.25, -0.2) is 0 Å². The summed E-state index contributed by atoms with van der Waals surface area (Å²) < 4.78 is 0. The molecule has 0 spiro atoms. The summed E-state index contributed by atoms with van der Waals surface area (Å²) in [6, 6.07) is 8.51. The SMILES string of the molecule is C/C=C1\CN2CC[C@]3(O)c4c(cnc5ccccc45)[C@@H]1C[C@H]23. The van der Waals surface area contributed by atoms with Crippen molar-refractivity contribution in [2.24, 2.45) is 0 Å². The molecular formula is C19H20N2O. The zero-order valence-corrected chi connectivity index (χ0v) is 12.8. The standard InChI is InChI=1S/C19H20N2O/c1-2-12-11-21-8-7-19(22)17(21)9-14(12)15-10-20-16-6-4-3-5-13(16)18(15)19/h2-6,10,14,17,22H,7-9,11H2,1H3/b12-2+/t14-,17+,19-/m1/s1. The minimum absolute atomic E-state index is 0.263. The van der Waals surface area contributed by atoms with Gasteiger partial charge in [-0.3, -0.25) is 9.88 Å². The fourth-order valence-electron chi connectivity index (χ4n) is 5.01. The lowest BCUT2D eigenvalue weighted by Crippen LogP contribution is -2.51. The van der Waals surface area contributed by atoms with Gasteiger partial charge in [-0.1, -0.05) is 29.8 Å². The first kappa shape index (κ1) is 12.8. The van der Waals surface area contributed by atoms with Gasteiger partial charge >= 0.3 is 0 Å². The number of hydrogen-bond acceptors (Lipinski definition) is 3. The van der Waals surface area contributed by atoms with Crippen molar-refractivity contribution in [3.63, 3.8) is 0 Å². The Hall–Kier alpha value is -1.71. The van der Waals surface area contributed by atoms with Crippen molar-refractivity contribution in [3.05, 3.63) is 53.2 Å². The maximum Gasteiger partial charge on any atom is 0.107 e. The number of para-hydroxylation sites is 1. The van der Waals surface area contributed by atoms with E-state index in [0.717, 1.165) is 42.4 Å². The van der Waals surface area contributed by atoms with E-state index in [1.165, 1.54) is 11.1 Å². The number of nitrogens with zero attached hydrogens (tertiary/aromatic N) is 2. The topological polar surface area (TPSA) is 36.4 Å². The van der Waals surface area contributed by atoms with E-state index in [4.69, 9.17) is 0 Å². The average Bonchev–Trinajstić information content (AvgIpc) is 2.92. The molecular weight excluding hydrogens is 272 g/mol. The number of fused-ring (bicyclic) bond motifs is 6. The Bertz CT molecular complexity index is 812. The average molecular weight is 292 g/mol. The molecule has 2 aromatic rings. The van der Waals surface area contributed by atoms with E-state index in [-0.39, 0.29) is 6.04 Å². The van der Waals surface area contributed by atoms with Crippen LogP contribution in [-0.4, -0.2) is 34.1 Å². The predicted octanol–water partition coefficient (Wildman–Crippen LogP) is 2.94. The van der Waals surface area contributed by atoms with Gasteiger partial charge in [0.2, 0.25) is 0 Å². The van der Waals surface area contributed by atoms with Gasteiger partial charge in [0, 0.05) is 36.6 Å². The van der Waals surface area contributed by atoms with Crippen molar-refractivity contribution >= 4 is 10.9 Å². The molecule has 2 saturated heterocycles. The number of aliphatic hydroxyl groups is 1. The summed E-state index contributed by atoms with van der Waals surface area (Å²) in [6.07, 6.45) is 6.15. The van der Waals surface area contributed by atoms with Crippen LogP contribution in [0.2, 0.25) is 0 Å². The molecule has 0 saturated carbocycles. The molecule has 2 fully saturated rings. The van der Waals surface area contributed by atoms with Gasteiger partial charge in [0.25, 0.3) is 0 Å². The molecule has 1 aromatic heterocycles. The van der Waals surface area contributed by atoms with E-state index < -0.39 is 5.60 Å². The molecule has 3 heteroatoms. The number of piperidine rings is 1. The molecule has 112 valence electrons. The summed E-state index contributed by atoms with van der Waals surface area (Å²) >= 11 is 0. The third-order valence-corrected chi connectivity index (χ3v) is 6.05. The second-order valence-corrected chi connectivity index (χ2v) is 6.92. The zero-order valence-electron chi connectivity index (χ0n) is 12.8. The second-order valence-electron chi connectivity index (χ2n) is 6.92. The molecule has 3 aliphatic rings. The quantitative estimate of drug-likeness (QED) is 0.758. The zero-order chi connectivity index (χ0) is 14.9. The fraction of sp³-hybridized carbons (Fsp3) is 0.421. The molecule has 1 N–H and O–H groups in total. The Morgan fingerprint density at radius 1 is 1.36 bits per heavy atom. The lowest BCUT2D eigenvalue weighted by molar-refractivity contribution is -0.0195. The molecule has 1 aliphatic carbocycles. The van der Waals surface area contributed by atoms with Gasteiger partial charge in [-0.2, -0.15) is 0 Å². The number of pyridine rings is 1. The summed E-state index contributed by atoms with van der Waals surface area (Å²) in [6.45, 7) is 4.13. The van der Waals surface area contributed by atoms with Crippen LogP contribution in [0, 0.1) is 0 Å². The predicted molar refractivity (Wildman–Crippen MR) is 86.7 cm³/mol. The van der Waals surface area contributed by atoms with Gasteiger partial charge in [-0.05, 0) is 37.0 Å². The highest BCUT2D eigenvalue weighted by molar-refractivity contribution is 5.85. The molecule has 2 bridgehead atoms. The maximum atomic E-state index is 11.6. The van der Waals surface area contributed by atoms with Gasteiger partial charge in [0.15, 0.2) is 0 Å². The fourth-order valence-corrected chi connectivity index (χ4v) is 5.01. The van der Waals surface area contributed by atoms with E-state index in [1.807, 2.05) is 18.3 Å². The van der Waals surface area contributed by atoms with Crippen LogP contribution in [-0.2, 0) is 5.60 Å². The first-order valence-electron chi connectivity index (χ1n) is 8.22. The molecule has 5 rings (SSSR count). The van der Waals surface area contributed by atoms with Crippen molar-refractivity contribution in [1.82, 2.24) is 9.88 Å². The highest BCUT2D eigenvalue weighted by atomic mass is 16.3. The number of aromatic nitrogens is 1. The first-order chi connectivity index (χ1) is 10.7. The summed E-state index contributed by atoms with van der Waals surface area (Å²) in [7, 11) is 0. The van der Waals surface area contributed by atoms with E-state index in [9.17, 15) is 5.11 Å². The molecule has 0 unspecified atom stereocenters. The smallest absolute Gasteiger partial charge is 0.107 e. The minimum atomic E-state index is -0.701. The molecule has 2 aliphatic heterocycles. The summed E-state index contributed by atoms with van der Waals surface area (Å²) in [5.74, 6) is 0.428. The Kier molecular flexibility index (Phi) is 2.43. The molecule has 3 atom stereocenters. The van der Waals surface area contributed by atoms with Crippen LogP contribution in [0.1, 0.15) is 36.8 Å². The lowest BCUT2D eigenvalue weighted by Gasteiger charge is -2.48. The Morgan fingerprint density at radius 2 is 2.23 bits per heavy atom. The van der Waals surface area contributed by atoms with Gasteiger partial charge in [0.05, 0.1) is 5.52 Å². The number of rotatable bonds is 0. The van der Waals surface area contributed by atoms with Crippen molar-refractivity contribution in [2.75, 3.05) is 13.1 Å². The summed E-state index contributed by atoms with van der Waals surface area (Å²) in [5, 5.41) is 12.7. The third-order valence-electron chi connectivity index (χ3n) is 6.05. The molecule has 0 amide bonds. The van der Waals surface area contributed by atoms with Gasteiger partial charge < -0.3 is 5.11 Å². The van der Waals surface area contributed by atoms with Crippen LogP contribution >= 0.6 is 0 Å². The first-order valence-corrected chi connectivity index (χ1v) is 8.22. The Labute approximate surface area is 130 Å². The van der Waals surface area contributed by atoms with E-state index >= 15 is 0 Å². The van der Waals surface area contributed by atoms with E-state index in [1.54, 1.807) is 0 Å². The highest BCUT2D eigenvalue weighted by Crippen LogP contribution is 2.55. The highest BCUT2D eigenvalue weighted by Gasteiger charge is 2.56. The third kappa shape index (κ3) is 1.41. The lowest BCUT2D eigenvalue weighted by atomic mass is 9.66. The maximum absolute atomic E-state index is 11.6. The minimum Gasteiger partial charge on any atom is -0.383 e. The van der Waals surface area contributed by atoms with Crippen LogP contribution in [0.3, 0.4) is 0 Å². The Balaban J connectivity index is 1.88. The van der Waals surface area contributed by atoms with Crippen LogP contribution in [0.25, 0.3) is 10.9 Å². The molecule has 3 heterocycles. The van der Waals surface area contributed by atoms with Gasteiger partial charge in [-0.15, -0.1) is 0 Å². The molecule has 0 radical (unpaired) electrons. The van der Waals surface area contributed by atoms with Crippen LogP contribution < -0.4 is 0 Å². The number of allylic oxidation sites excluding steroid dienone is 1.